The van der Waals surface area contributed by atoms with E-state index in [4.69, 9.17) is 0 Å². The van der Waals surface area contributed by atoms with Gasteiger partial charge in [0, 0.05) is 18.4 Å². The number of para-hydroxylation sites is 1. The maximum atomic E-state index is 9.89. The number of rotatable bonds is 5. The van der Waals surface area contributed by atoms with E-state index in [1.54, 1.807) is 0 Å². The summed E-state index contributed by atoms with van der Waals surface area (Å²) in [5.41, 5.74) is 2.18. The van der Waals surface area contributed by atoms with Crippen molar-refractivity contribution >= 4 is 10.9 Å². The summed E-state index contributed by atoms with van der Waals surface area (Å²) in [6.07, 6.45) is 2.23. The highest BCUT2D eigenvalue weighted by molar-refractivity contribution is 5.81. The van der Waals surface area contributed by atoms with Crippen molar-refractivity contribution in [2.45, 2.75) is 45.8 Å². The van der Waals surface area contributed by atoms with Gasteiger partial charge in [-0.2, -0.15) is 5.10 Å². The van der Waals surface area contributed by atoms with Gasteiger partial charge in [0.05, 0.1) is 17.3 Å². The molecule has 1 heterocycles. The van der Waals surface area contributed by atoms with E-state index in [0.717, 1.165) is 30.6 Å². The molecule has 1 aromatic heterocycles. The van der Waals surface area contributed by atoms with Gasteiger partial charge in [-0.3, -0.25) is 4.68 Å². The Hall–Kier alpha value is -1.35. The molecule has 3 heteroatoms. The van der Waals surface area contributed by atoms with Gasteiger partial charge in [0.2, 0.25) is 0 Å². The van der Waals surface area contributed by atoms with E-state index < -0.39 is 0 Å². The van der Waals surface area contributed by atoms with Crippen molar-refractivity contribution in [2.75, 3.05) is 0 Å². The second kappa shape index (κ2) is 5.32. The largest absolute Gasteiger partial charge is 0.393 e. The normalized spacial score (nSPS) is 13.1. The van der Waals surface area contributed by atoms with Crippen LogP contribution in [0, 0.1) is 0 Å². The highest BCUT2D eigenvalue weighted by atomic mass is 16.3. The molecule has 0 bridgehead atoms. The SMILES string of the molecule is CCCC(O)Cc1nn(CC)c2ccccc12. The number of fused-ring (bicyclic) bond motifs is 1. The van der Waals surface area contributed by atoms with Gasteiger partial charge in [0.25, 0.3) is 0 Å². The van der Waals surface area contributed by atoms with Crippen molar-refractivity contribution in [2.24, 2.45) is 0 Å². The summed E-state index contributed by atoms with van der Waals surface area (Å²) in [4.78, 5) is 0. The fraction of sp³-hybridized carbons (Fsp3) is 0.500. The molecule has 3 nitrogen and oxygen atoms in total. The summed E-state index contributed by atoms with van der Waals surface area (Å²) < 4.78 is 2.00. The number of aliphatic hydroxyl groups is 1. The van der Waals surface area contributed by atoms with Crippen LogP contribution < -0.4 is 0 Å². The average Bonchev–Trinajstić information content (AvgIpc) is 2.68. The van der Waals surface area contributed by atoms with E-state index in [0.29, 0.717) is 6.42 Å². The Kier molecular flexibility index (Phi) is 3.79. The second-order valence-corrected chi connectivity index (χ2v) is 4.43. The van der Waals surface area contributed by atoms with Crippen molar-refractivity contribution in [1.29, 1.82) is 0 Å². The van der Waals surface area contributed by atoms with E-state index >= 15 is 0 Å². The van der Waals surface area contributed by atoms with E-state index in [1.807, 2.05) is 16.8 Å². The highest BCUT2D eigenvalue weighted by Gasteiger charge is 2.12. The highest BCUT2D eigenvalue weighted by Crippen LogP contribution is 2.20. The molecule has 17 heavy (non-hydrogen) atoms. The predicted molar refractivity (Wildman–Crippen MR) is 70.0 cm³/mol. The lowest BCUT2D eigenvalue weighted by Gasteiger charge is -2.06. The van der Waals surface area contributed by atoms with Gasteiger partial charge in [-0.15, -0.1) is 0 Å². The summed E-state index contributed by atoms with van der Waals surface area (Å²) in [6.45, 7) is 5.04. The Morgan fingerprint density at radius 3 is 2.76 bits per heavy atom. The Labute approximate surface area is 102 Å². The molecule has 0 spiro atoms. The van der Waals surface area contributed by atoms with Crippen molar-refractivity contribution in [3.63, 3.8) is 0 Å². The summed E-state index contributed by atoms with van der Waals surface area (Å²) >= 11 is 0. The first-order chi connectivity index (χ1) is 8.26. The standard InChI is InChI=1S/C14H20N2O/c1-3-7-11(17)10-13-12-8-5-6-9-14(12)16(4-2)15-13/h5-6,8-9,11,17H,3-4,7,10H2,1-2H3. The molecule has 92 valence electrons. The molecule has 0 aliphatic heterocycles. The first-order valence-electron chi connectivity index (χ1n) is 6.38. The molecule has 1 aromatic carbocycles. The van der Waals surface area contributed by atoms with Crippen LogP contribution >= 0.6 is 0 Å². The van der Waals surface area contributed by atoms with Gasteiger partial charge in [0.1, 0.15) is 0 Å². The lowest BCUT2D eigenvalue weighted by atomic mass is 10.1. The predicted octanol–water partition coefficient (Wildman–Crippen LogP) is 2.76. The van der Waals surface area contributed by atoms with Crippen LogP contribution in [0.3, 0.4) is 0 Å². The maximum absolute atomic E-state index is 9.89. The topological polar surface area (TPSA) is 38.1 Å². The van der Waals surface area contributed by atoms with Crippen molar-refractivity contribution in [3.05, 3.63) is 30.0 Å². The van der Waals surface area contributed by atoms with Crippen LogP contribution in [0.4, 0.5) is 0 Å². The van der Waals surface area contributed by atoms with Crippen LogP contribution in [-0.4, -0.2) is 21.0 Å². The molecule has 2 rings (SSSR count). The zero-order chi connectivity index (χ0) is 12.3. The summed E-state index contributed by atoms with van der Waals surface area (Å²) in [5, 5.41) is 15.7. The van der Waals surface area contributed by atoms with Crippen LogP contribution in [0.1, 0.15) is 32.4 Å². The van der Waals surface area contributed by atoms with Gasteiger partial charge in [-0.25, -0.2) is 0 Å². The van der Waals surface area contributed by atoms with E-state index in [1.165, 1.54) is 5.39 Å². The van der Waals surface area contributed by atoms with Gasteiger partial charge in [0.15, 0.2) is 0 Å². The molecule has 0 aliphatic rings. The summed E-state index contributed by atoms with van der Waals surface area (Å²) in [6, 6.07) is 8.23. The monoisotopic (exact) mass is 232 g/mol. The molecule has 0 radical (unpaired) electrons. The number of aryl methyl sites for hydroxylation is 1. The van der Waals surface area contributed by atoms with Gasteiger partial charge in [-0.1, -0.05) is 31.5 Å². The molecule has 1 unspecified atom stereocenters. The molecule has 1 atom stereocenters. The third-order valence-corrected chi connectivity index (χ3v) is 3.08. The van der Waals surface area contributed by atoms with E-state index in [9.17, 15) is 5.11 Å². The lowest BCUT2D eigenvalue weighted by molar-refractivity contribution is 0.163. The van der Waals surface area contributed by atoms with Crippen molar-refractivity contribution in [3.8, 4) is 0 Å². The first kappa shape index (κ1) is 12.1. The smallest absolute Gasteiger partial charge is 0.0729 e. The molecule has 0 amide bonds. The third kappa shape index (κ3) is 2.50. The Bertz CT molecular complexity index is 490. The summed E-state index contributed by atoms with van der Waals surface area (Å²) in [5.74, 6) is 0. The fourth-order valence-corrected chi connectivity index (χ4v) is 2.25. The molecule has 0 aliphatic carbocycles. The van der Waals surface area contributed by atoms with Crippen LogP contribution in [0.2, 0.25) is 0 Å². The quantitative estimate of drug-likeness (QED) is 0.860. The van der Waals surface area contributed by atoms with Crippen molar-refractivity contribution in [1.82, 2.24) is 9.78 Å². The number of benzene rings is 1. The minimum atomic E-state index is -0.274. The number of hydrogen-bond donors (Lipinski definition) is 1. The summed E-state index contributed by atoms with van der Waals surface area (Å²) in [7, 11) is 0. The van der Waals surface area contributed by atoms with Gasteiger partial charge >= 0.3 is 0 Å². The van der Waals surface area contributed by atoms with Crippen LogP contribution in [0.25, 0.3) is 10.9 Å². The zero-order valence-electron chi connectivity index (χ0n) is 10.6. The van der Waals surface area contributed by atoms with Crippen molar-refractivity contribution < 1.29 is 5.11 Å². The first-order valence-corrected chi connectivity index (χ1v) is 6.38. The molecule has 0 fully saturated rings. The minimum absolute atomic E-state index is 0.274. The molecule has 1 N–H and O–H groups in total. The number of nitrogens with zero attached hydrogens (tertiary/aromatic N) is 2. The lowest BCUT2D eigenvalue weighted by Crippen LogP contribution is -2.10. The maximum Gasteiger partial charge on any atom is 0.0729 e. The average molecular weight is 232 g/mol. The second-order valence-electron chi connectivity index (χ2n) is 4.43. The fourth-order valence-electron chi connectivity index (χ4n) is 2.25. The Balaban J connectivity index is 2.33. The molecule has 0 saturated heterocycles. The van der Waals surface area contributed by atoms with Crippen LogP contribution in [-0.2, 0) is 13.0 Å². The third-order valence-electron chi connectivity index (χ3n) is 3.08. The molecular formula is C14H20N2O. The Morgan fingerprint density at radius 2 is 2.06 bits per heavy atom. The van der Waals surface area contributed by atoms with Gasteiger partial charge in [-0.05, 0) is 19.4 Å². The number of aliphatic hydroxyl groups excluding tert-OH is 1. The molecule has 2 aromatic rings. The minimum Gasteiger partial charge on any atom is -0.393 e. The molecular weight excluding hydrogens is 212 g/mol. The van der Waals surface area contributed by atoms with Crippen LogP contribution in [0.5, 0.6) is 0 Å². The zero-order valence-corrected chi connectivity index (χ0v) is 10.6. The number of hydrogen-bond acceptors (Lipinski definition) is 2. The van der Waals surface area contributed by atoms with Crippen LogP contribution in [0.15, 0.2) is 24.3 Å². The Morgan fingerprint density at radius 1 is 1.29 bits per heavy atom. The van der Waals surface area contributed by atoms with Gasteiger partial charge < -0.3 is 5.11 Å². The van der Waals surface area contributed by atoms with E-state index in [2.05, 4.69) is 31.1 Å². The van der Waals surface area contributed by atoms with E-state index in [-0.39, 0.29) is 6.10 Å². The molecule has 0 saturated carbocycles. The number of aromatic nitrogens is 2.